The number of thiophene rings is 1. The lowest BCUT2D eigenvalue weighted by Crippen LogP contribution is -2.23. The van der Waals surface area contributed by atoms with E-state index in [1.165, 1.54) is 10.9 Å². The zero-order valence-corrected chi connectivity index (χ0v) is 15.4. The Kier molecular flexibility index (Phi) is 5.75. The lowest BCUT2D eigenvalue weighted by atomic mass is 10.1. The first-order valence-corrected chi connectivity index (χ1v) is 9.18. The molecule has 0 spiro atoms. The van der Waals surface area contributed by atoms with Crippen molar-refractivity contribution in [2.45, 2.75) is 12.5 Å². The highest BCUT2D eigenvalue weighted by Gasteiger charge is 2.16. The molecule has 0 fully saturated rings. The molecule has 2 aromatic heterocycles. The van der Waals surface area contributed by atoms with Crippen LogP contribution in [0.15, 0.2) is 52.8 Å². The van der Waals surface area contributed by atoms with Gasteiger partial charge in [0.05, 0.1) is 23.6 Å². The third-order valence-corrected chi connectivity index (χ3v) is 5.23. The first-order chi connectivity index (χ1) is 12.1. The summed E-state index contributed by atoms with van der Waals surface area (Å²) in [6, 6.07) is 10.5. The van der Waals surface area contributed by atoms with Crippen LogP contribution < -0.4 is 10.9 Å². The number of nitrogens with zero attached hydrogens (tertiary/aromatic N) is 2. The molecule has 0 radical (unpaired) electrons. The molecule has 0 aliphatic heterocycles. The van der Waals surface area contributed by atoms with Gasteiger partial charge in [-0.1, -0.05) is 29.3 Å². The minimum atomic E-state index is -0.428. The lowest BCUT2D eigenvalue weighted by Gasteiger charge is -2.18. The smallest absolute Gasteiger partial charge is 0.292 e. The van der Waals surface area contributed by atoms with E-state index >= 15 is 0 Å². The summed E-state index contributed by atoms with van der Waals surface area (Å²) in [5, 5.41) is 19.3. The highest BCUT2D eigenvalue weighted by Crippen LogP contribution is 2.28. The van der Waals surface area contributed by atoms with Crippen molar-refractivity contribution in [3.63, 3.8) is 0 Å². The molecular formula is C17H15Cl2N3O2S. The number of halogens is 2. The summed E-state index contributed by atoms with van der Waals surface area (Å²) in [5.41, 5.74) is 0.583. The van der Waals surface area contributed by atoms with E-state index in [1.807, 2.05) is 17.5 Å². The summed E-state index contributed by atoms with van der Waals surface area (Å²) in [7, 11) is 0. The number of aliphatic hydroxyl groups excluding tert-OH is 1. The molecule has 25 heavy (non-hydrogen) atoms. The van der Waals surface area contributed by atoms with Gasteiger partial charge in [0.2, 0.25) is 0 Å². The van der Waals surface area contributed by atoms with Crippen molar-refractivity contribution < 1.29 is 5.11 Å². The van der Waals surface area contributed by atoms with Crippen molar-refractivity contribution in [2.75, 3.05) is 11.9 Å². The van der Waals surface area contributed by atoms with Crippen molar-refractivity contribution in [3.8, 4) is 5.69 Å². The molecular weight excluding hydrogens is 381 g/mol. The predicted octanol–water partition coefficient (Wildman–Crippen LogP) is 4.14. The summed E-state index contributed by atoms with van der Waals surface area (Å²) in [6.07, 6.45) is 2.01. The molecule has 0 saturated carbocycles. The van der Waals surface area contributed by atoms with E-state index in [2.05, 4.69) is 10.4 Å². The van der Waals surface area contributed by atoms with Crippen LogP contribution in [0.1, 0.15) is 17.3 Å². The van der Waals surface area contributed by atoms with Crippen molar-refractivity contribution in [1.82, 2.24) is 9.78 Å². The molecule has 8 heteroatoms. The maximum absolute atomic E-state index is 12.5. The average molecular weight is 396 g/mol. The molecule has 1 atom stereocenters. The van der Waals surface area contributed by atoms with Gasteiger partial charge in [0.15, 0.2) is 0 Å². The highest BCUT2D eigenvalue weighted by atomic mass is 35.5. The Morgan fingerprint density at radius 2 is 2.00 bits per heavy atom. The second-order valence-corrected chi connectivity index (χ2v) is 7.08. The van der Waals surface area contributed by atoms with Crippen LogP contribution in [0, 0.1) is 0 Å². The van der Waals surface area contributed by atoms with Crippen molar-refractivity contribution >= 4 is 40.2 Å². The van der Waals surface area contributed by atoms with Crippen LogP contribution in [0.4, 0.5) is 5.69 Å². The van der Waals surface area contributed by atoms with Crippen molar-refractivity contribution in [1.29, 1.82) is 0 Å². The zero-order valence-electron chi connectivity index (χ0n) is 13.0. The van der Waals surface area contributed by atoms with Gasteiger partial charge < -0.3 is 10.4 Å². The SMILES string of the molecule is O=c1c(Cl)c(NC(CCO)c2cccs2)cnn1-c1ccc(Cl)cc1. The van der Waals surface area contributed by atoms with Gasteiger partial charge in [0.1, 0.15) is 5.02 Å². The largest absolute Gasteiger partial charge is 0.396 e. The van der Waals surface area contributed by atoms with Crippen LogP contribution in [0.25, 0.3) is 5.69 Å². The molecule has 3 aromatic rings. The number of nitrogens with one attached hydrogen (secondary N) is 1. The van der Waals surface area contributed by atoms with E-state index in [0.717, 1.165) is 4.88 Å². The van der Waals surface area contributed by atoms with Gasteiger partial charge in [-0.15, -0.1) is 11.3 Å². The van der Waals surface area contributed by atoms with Gasteiger partial charge in [0.25, 0.3) is 5.56 Å². The Morgan fingerprint density at radius 3 is 2.64 bits per heavy atom. The van der Waals surface area contributed by atoms with Crippen LogP contribution in [0.5, 0.6) is 0 Å². The topological polar surface area (TPSA) is 67.2 Å². The number of aromatic nitrogens is 2. The third kappa shape index (κ3) is 4.04. The molecule has 0 bridgehead atoms. The van der Waals surface area contributed by atoms with Gasteiger partial charge in [-0.2, -0.15) is 9.78 Å². The normalized spacial score (nSPS) is 12.1. The van der Waals surface area contributed by atoms with Gasteiger partial charge in [0, 0.05) is 16.5 Å². The summed E-state index contributed by atoms with van der Waals surface area (Å²) in [6.45, 7) is 0.0163. The van der Waals surface area contributed by atoms with E-state index in [0.29, 0.717) is 22.8 Å². The van der Waals surface area contributed by atoms with E-state index in [9.17, 15) is 9.90 Å². The second-order valence-electron chi connectivity index (χ2n) is 5.29. The first-order valence-electron chi connectivity index (χ1n) is 7.54. The van der Waals surface area contributed by atoms with E-state index < -0.39 is 5.56 Å². The number of hydrogen-bond acceptors (Lipinski definition) is 5. The average Bonchev–Trinajstić information content (AvgIpc) is 3.14. The number of rotatable bonds is 6. The lowest BCUT2D eigenvalue weighted by molar-refractivity contribution is 0.280. The highest BCUT2D eigenvalue weighted by molar-refractivity contribution is 7.10. The van der Waals surface area contributed by atoms with Gasteiger partial charge in [-0.25, -0.2) is 0 Å². The molecule has 0 saturated heterocycles. The fourth-order valence-corrected chi connectivity index (χ4v) is 3.51. The minimum Gasteiger partial charge on any atom is -0.396 e. The third-order valence-electron chi connectivity index (χ3n) is 3.62. The number of benzene rings is 1. The molecule has 3 rings (SSSR count). The zero-order chi connectivity index (χ0) is 17.8. The predicted molar refractivity (Wildman–Crippen MR) is 102 cm³/mol. The van der Waals surface area contributed by atoms with Crippen LogP contribution in [0.2, 0.25) is 10.0 Å². The first kappa shape index (κ1) is 17.9. The standard InChI is InChI=1S/C17H15Cl2N3O2S/c18-11-3-5-12(6-4-11)22-17(24)16(19)14(10-20-22)21-13(7-8-23)15-2-1-9-25-15/h1-6,9-10,13,21,23H,7-8H2. The number of anilines is 1. The van der Waals surface area contributed by atoms with Gasteiger partial charge in [-0.05, 0) is 42.1 Å². The minimum absolute atomic E-state index is 0.0163. The fourth-order valence-electron chi connectivity index (χ4n) is 2.39. The fraction of sp³-hybridized carbons (Fsp3) is 0.176. The van der Waals surface area contributed by atoms with Crippen molar-refractivity contribution in [2.24, 2.45) is 0 Å². The van der Waals surface area contributed by atoms with Gasteiger partial charge >= 0.3 is 0 Å². The summed E-state index contributed by atoms with van der Waals surface area (Å²) < 4.78 is 1.22. The van der Waals surface area contributed by atoms with Crippen LogP contribution in [-0.4, -0.2) is 21.5 Å². The van der Waals surface area contributed by atoms with E-state index in [1.54, 1.807) is 35.6 Å². The Labute approximate surface area is 158 Å². The molecule has 1 aromatic carbocycles. The van der Waals surface area contributed by atoms with Crippen LogP contribution in [-0.2, 0) is 0 Å². The quantitative estimate of drug-likeness (QED) is 0.657. The number of aliphatic hydroxyl groups is 1. The molecule has 130 valence electrons. The Balaban J connectivity index is 1.92. The Morgan fingerprint density at radius 1 is 1.24 bits per heavy atom. The maximum Gasteiger partial charge on any atom is 0.292 e. The maximum atomic E-state index is 12.5. The summed E-state index contributed by atoms with van der Waals surface area (Å²) in [4.78, 5) is 13.6. The van der Waals surface area contributed by atoms with Crippen LogP contribution >= 0.6 is 34.5 Å². The Bertz CT molecular complexity index is 895. The molecule has 0 aliphatic carbocycles. The number of hydrogen-bond donors (Lipinski definition) is 2. The second kappa shape index (κ2) is 8.01. The van der Waals surface area contributed by atoms with E-state index in [4.69, 9.17) is 23.2 Å². The van der Waals surface area contributed by atoms with Gasteiger partial charge in [-0.3, -0.25) is 4.79 Å². The molecule has 2 heterocycles. The monoisotopic (exact) mass is 395 g/mol. The Hall–Kier alpha value is -1.86. The van der Waals surface area contributed by atoms with Crippen molar-refractivity contribution in [3.05, 3.63) is 73.3 Å². The molecule has 0 amide bonds. The molecule has 2 N–H and O–H groups in total. The summed E-state index contributed by atoms with van der Waals surface area (Å²) in [5.74, 6) is 0. The van der Waals surface area contributed by atoms with Crippen LogP contribution in [0.3, 0.4) is 0 Å². The molecule has 5 nitrogen and oxygen atoms in total. The molecule has 0 aliphatic rings. The van der Waals surface area contributed by atoms with E-state index in [-0.39, 0.29) is 17.7 Å². The molecule has 1 unspecified atom stereocenters. The summed E-state index contributed by atoms with van der Waals surface area (Å²) >= 11 is 13.7.